The number of nitrogens with zero attached hydrogens (tertiary/aromatic N) is 2. The van der Waals surface area contributed by atoms with Crippen molar-refractivity contribution in [1.82, 2.24) is 14.3 Å². The summed E-state index contributed by atoms with van der Waals surface area (Å²) in [7, 11) is -4.16. The van der Waals surface area contributed by atoms with Gasteiger partial charge in [0.05, 0.1) is 15.9 Å². The number of H-pyrrole nitrogens is 1. The van der Waals surface area contributed by atoms with Gasteiger partial charge in [-0.15, -0.1) is 0 Å². The molecule has 0 amide bonds. The molecule has 9 heteroatoms. The summed E-state index contributed by atoms with van der Waals surface area (Å²) in [5.41, 5.74) is 0.765. The van der Waals surface area contributed by atoms with Crippen molar-refractivity contribution in [2.24, 2.45) is 0 Å². The highest BCUT2D eigenvalue weighted by Gasteiger charge is 2.19. The minimum atomic E-state index is -3.56. The van der Waals surface area contributed by atoms with Gasteiger partial charge in [-0.25, -0.2) is 21.9 Å². The van der Waals surface area contributed by atoms with Crippen molar-refractivity contribution in [2.45, 2.75) is 10.1 Å². The third-order valence-corrected chi connectivity index (χ3v) is 5.12. The number of aromatic amines is 1. The summed E-state index contributed by atoms with van der Waals surface area (Å²) in [5.74, 6) is 3.10. The number of imidazole rings is 1. The highest BCUT2D eigenvalue weighted by Crippen LogP contribution is 2.20. The van der Waals surface area contributed by atoms with Gasteiger partial charge in [0.25, 0.3) is 0 Å². The molecule has 1 aromatic carbocycles. The topological polar surface area (TPSA) is 103 Å². The Labute approximate surface area is 111 Å². The molecular formula is C10H13N3O4S2. The summed E-state index contributed by atoms with van der Waals surface area (Å²) in [4.78, 5) is 6.58. The maximum absolute atomic E-state index is 12.0. The molecule has 19 heavy (non-hydrogen) atoms. The van der Waals surface area contributed by atoms with E-state index in [1.165, 1.54) is 32.3 Å². The largest absolute Gasteiger partial charge is 0.329 e. The number of rotatable bonds is 3. The summed E-state index contributed by atoms with van der Waals surface area (Å²) in [5, 5.41) is -0.179. The lowest BCUT2D eigenvalue weighted by Crippen LogP contribution is -2.22. The highest BCUT2D eigenvalue weighted by molar-refractivity contribution is 7.94. The second kappa shape index (κ2) is 4.30. The first-order valence-electron chi connectivity index (χ1n) is 5.14. The van der Waals surface area contributed by atoms with Crippen molar-refractivity contribution in [3.05, 3.63) is 18.2 Å². The summed E-state index contributed by atoms with van der Waals surface area (Å²) in [6, 6.07) is 4.23. The predicted octanol–water partition coefficient (Wildman–Crippen LogP) is 0.361. The third kappa shape index (κ3) is 2.50. The minimum absolute atomic E-state index is 0.0775. The number of hydrogen-bond acceptors (Lipinski definition) is 4. The Kier molecular flexibility index (Phi) is 3.17. The Hall–Kier alpha value is -1.42. The molecular weight excluding hydrogens is 290 g/mol. The Morgan fingerprint density at radius 2 is 1.95 bits per heavy atom. The summed E-state index contributed by atoms with van der Waals surface area (Å²) in [6.07, 6.45) is 0. The number of hydrogen-bond donors (Lipinski definition) is 2. The van der Waals surface area contributed by atoms with Crippen LogP contribution in [0.1, 0.15) is 0 Å². The van der Waals surface area contributed by atoms with Crippen molar-refractivity contribution in [2.75, 3.05) is 14.1 Å². The van der Waals surface area contributed by atoms with E-state index in [0.29, 0.717) is 11.0 Å². The van der Waals surface area contributed by atoms with Crippen LogP contribution in [-0.2, 0) is 19.8 Å². The first kappa shape index (κ1) is 14.0. The first-order chi connectivity index (χ1) is 8.62. The highest BCUT2D eigenvalue weighted by atomic mass is 32.2. The molecule has 1 atom stereocenters. The van der Waals surface area contributed by atoms with Crippen LogP contribution >= 0.6 is 0 Å². The fourth-order valence-electron chi connectivity index (χ4n) is 1.49. The van der Waals surface area contributed by atoms with Crippen LogP contribution in [0.25, 0.3) is 11.0 Å². The van der Waals surface area contributed by atoms with E-state index >= 15 is 0 Å². The molecule has 0 saturated carbocycles. The van der Waals surface area contributed by atoms with Gasteiger partial charge in [-0.3, -0.25) is 0 Å². The number of aromatic nitrogens is 2. The zero-order valence-corrected chi connectivity index (χ0v) is 12.0. The summed E-state index contributed by atoms with van der Waals surface area (Å²) < 4.78 is 45.7. The number of fused-ring (bicyclic) bond motifs is 1. The molecule has 2 aromatic rings. The standard InChI is InChI=1S/C10H13N3O4S2/c1-13(2)19(16,17)7-4-5-8-9(6-7)12-10(11-8)18(3,14)15/h4-6H,3H2,1-2H3,(H,11,12)(H,14,15). The molecule has 7 nitrogen and oxygen atoms in total. The molecule has 0 fully saturated rings. The molecule has 0 aliphatic heterocycles. The Bertz CT molecular complexity index is 835. The van der Waals surface area contributed by atoms with E-state index in [4.69, 9.17) is 0 Å². The van der Waals surface area contributed by atoms with Gasteiger partial charge >= 0.3 is 0 Å². The van der Waals surface area contributed by atoms with Crippen molar-refractivity contribution in [3.63, 3.8) is 0 Å². The van der Waals surface area contributed by atoms with E-state index in [2.05, 4.69) is 15.8 Å². The van der Waals surface area contributed by atoms with Crippen LogP contribution in [0.15, 0.2) is 28.3 Å². The summed E-state index contributed by atoms with van der Waals surface area (Å²) in [6.45, 7) is 0. The van der Waals surface area contributed by atoms with Crippen molar-refractivity contribution in [1.29, 1.82) is 0 Å². The lowest BCUT2D eigenvalue weighted by Gasteiger charge is -2.10. The van der Waals surface area contributed by atoms with Crippen LogP contribution in [0.5, 0.6) is 0 Å². The second-order valence-corrected chi connectivity index (χ2v) is 7.97. The quantitative estimate of drug-likeness (QED) is 0.797. The first-order valence-corrected chi connectivity index (χ1v) is 8.27. The fourth-order valence-corrected chi connectivity index (χ4v) is 2.93. The average molecular weight is 303 g/mol. The van der Waals surface area contributed by atoms with Gasteiger partial charge in [0.1, 0.15) is 9.80 Å². The zero-order chi connectivity index (χ0) is 14.4. The van der Waals surface area contributed by atoms with E-state index in [9.17, 15) is 17.2 Å². The second-order valence-electron chi connectivity index (χ2n) is 4.15. The van der Waals surface area contributed by atoms with Gasteiger partial charge in [0.15, 0.2) is 0 Å². The molecule has 0 radical (unpaired) electrons. The molecule has 0 saturated heterocycles. The van der Waals surface area contributed by atoms with Crippen LogP contribution in [-0.4, -0.2) is 51.4 Å². The maximum atomic E-state index is 12.0. The van der Waals surface area contributed by atoms with Crippen molar-refractivity contribution < 1.29 is 17.2 Å². The van der Waals surface area contributed by atoms with Gasteiger partial charge in [-0.1, -0.05) is 0 Å². The Morgan fingerprint density at radius 3 is 2.47 bits per heavy atom. The summed E-state index contributed by atoms with van der Waals surface area (Å²) >= 11 is 0. The average Bonchev–Trinajstić information content (AvgIpc) is 2.70. The molecule has 2 rings (SSSR count). The van der Waals surface area contributed by atoms with E-state index in [1.807, 2.05) is 0 Å². The molecule has 0 aliphatic carbocycles. The maximum Gasteiger partial charge on any atom is 0.242 e. The van der Waals surface area contributed by atoms with Crippen LogP contribution in [0, 0.1) is 0 Å². The number of sulfonamides is 1. The lowest BCUT2D eigenvalue weighted by atomic mass is 10.3. The number of benzene rings is 1. The molecule has 1 heterocycles. The molecule has 1 aromatic heterocycles. The van der Waals surface area contributed by atoms with Gasteiger partial charge in [-0.2, -0.15) is 0 Å². The van der Waals surface area contributed by atoms with E-state index in [1.54, 1.807) is 0 Å². The lowest BCUT2D eigenvalue weighted by molar-refractivity contribution is 0.521. The Morgan fingerprint density at radius 1 is 1.32 bits per heavy atom. The monoisotopic (exact) mass is 303 g/mol. The van der Waals surface area contributed by atoms with E-state index < -0.39 is 19.8 Å². The molecule has 104 valence electrons. The SMILES string of the molecule is C=S(=O)(O)c1nc2ccc(S(=O)(=O)N(C)C)cc2[nH]1. The van der Waals surface area contributed by atoms with E-state index in [-0.39, 0.29) is 10.1 Å². The van der Waals surface area contributed by atoms with Gasteiger partial charge in [0.2, 0.25) is 15.2 Å². The normalized spacial score (nSPS) is 15.8. The van der Waals surface area contributed by atoms with Gasteiger partial charge in [0, 0.05) is 14.1 Å². The third-order valence-electron chi connectivity index (χ3n) is 2.51. The predicted molar refractivity (Wildman–Crippen MR) is 73.1 cm³/mol. The van der Waals surface area contributed by atoms with Crippen molar-refractivity contribution in [3.8, 4) is 0 Å². The molecule has 2 N–H and O–H groups in total. The number of nitrogens with one attached hydrogen (secondary N) is 1. The van der Waals surface area contributed by atoms with Gasteiger partial charge in [-0.05, 0) is 24.1 Å². The molecule has 0 aliphatic rings. The van der Waals surface area contributed by atoms with Crippen LogP contribution in [0.4, 0.5) is 0 Å². The molecule has 0 bridgehead atoms. The van der Waals surface area contributed by atoms with Crippen LogP contribution in [0.2, 0.25) is 0 Å². The van der Waals surface area contributed by atoms with E-state index in [0.717, 1.165) is 4.31 Å². The van der Waals surface area contributed by atoms with Crippen LogP contribution in [0.3, 0.4) is 0 Å². The van der Waals surface area contributed by atoms with Crippen molar-refractivity contribution >= 4 is 36.7 Å². The van der Waals surface area contributed by atoms with Crippen LogP contribution < -0.4 is 0 Å². The van der Waals surface area contributed by atoms with Gasteiger partial charge < -0.3 is 9.54 Å². The molecule has 0 spiro atoms. The Balaban J connectivity index is 2.66. The molecule has 1 unspecified atom stereocenters. The minimum Gasteiger partial charge on any atom is -0.329 e. The fraction of sp³-hybridized carbons (Fsp3) is 0.200. The zero-order valence-electron chi connectivity index (χ0n) is 10.3. The smallest absolute Gasteiger partial charge is 0.242 e.